The molecule has 0 spiro atoms. The van der Waals surface area contributed by atoms with Crippen molar-refractivity contribution in [3.05, 3.63) is 35.9 Å². The second kappa shape index (κ2) is 8.57. The van der Waals surface area contributed by atoms with Crippen molar-refractivity contribution in [2.24, 2.45) is 11.8 Å². The van der Waals surface area contributed by atoms with E-state index in [9.17, 15) is 9.59 Å². The van der Waals surface area contributed by atoms with Gasteiger partial charge in [0.05, 0.1) is 12.5 Å². The highest BCUT2D eigenvalue weighted by Crippen LogP contribution is 2.25. The summed E-state index contributed by atoms with van der Waals surface area (Å²) in [5.74, 6) is -0.582. The number of benzene rings is 1. The largest absolute Gasteiger partial charge is 0.465 e. The molecule has 4 heteroatoms. The minimum Gasteiger partial charge on any atom is -0.465 e. The molecule has 0 amide bonds. The Labute approximate surface area is 131 Å². The van der Waals surface area contributed by atoms with Crippen LogP contribution in [0.25, 0.3) is 0 Å². The van der Waals surface area contributed by atoms with Crippen LogP contribution >= 0.6 is 0 Å². The Hall–Kier alpha value is -1.84. The van der Waals surface area contributed by atoms with Gasteiger partial charge in [-0.1, -0.05) is 43.2 Å². The predicted molar refractivity (Wildman–Crippen MR) is 83.2 cm³/mol. The molecule has 0 heterocycles. The lowest BCUT2D eigenvalue weighted by Gasteiger charge is -2.17. The molecule has 0 aromatic heterocycles. The summed E-state index contributed by atoms with van der Waals surface area (Å²) in [4.78, 5) is 23.3. The molecule has 1 aliphatic carbocycles. The van der Waals surface area contributed by atoms with Crippen LogP contribution < -0.4 is 0 Å². The van der Waals surface area contributed by atoms with Gasteiger partial charge in [0.1, 0.15) is 6.61 Å². The molecular weight excluding hydrogens is 280 g/mol. The van der Waals surface area contributed by atoms with Crippen molar-refractivity contribution < 1.29 is 19.1 Å². The summed E-state index contributed by atoms with van der Waals surface area (Å²) in [6, 6.07) is 9.73. The summed E-state index contributed by atoms with van der Waals surface area (Å²) in [5, 5.41) is 0. The average Bonchev–Trinajstić information content (AvgIpc) is 3.03. The number of ether oxygens (including phenoxy) is 2. The smallest absolute Gasteiger partial charge is 0.312 e. The first-order chi connectivity index (χ1) is 10.6. The molecule has 2 rings (SSSR count). The van der Waals surface area contributed by atoms with Crippen molar-refractivity contribution in [3.63, 3.8) is 0 Å². The van der Waals surface area contributed by atoms with Gasteiger partial charge in [0.15, 0.2) is 0 Å². The van der Waals surface area contributed by atoms with Gasteiger partial charge in [-0.2, -0.15) is 0 Å². The number of esters is 2. The standard InChI is InChI=1S/C18H24O4/c1-14(19)21-13-17(11-15-7-3-2-4-8-15)18(20)22-12-16-9-5-6-10-16/h2-4,7-8,16-17H,5-6,9-13H2,1H3. The van der Waals surface area contributed by atoms with Crippen LogP contribution in [-0.4, -0.2) is 25.2 Å². The van der Waals surface area contributed by atoms with Crippen LogP contribution in [-0.2, 0) is 25.5 Å². The molecule has 120 valence electrons. The third-order valence-electron chi connectivity index (χ3n) is 4.08. The first-order valence-corrected chi connectivity index (χ1v) is 7.99. The van der Waals surface area contributed by atoms with Gasteiger partial charge in [-0.25, -0.2) is 0 Å². The molecule has 1 aromatic rings. The van der Waals surface area contributed by atoms with Crippen LogP contribution in [0.2, 0.25) is 0 Å². The van der Waals surface area contributed by atoms with Gasteiger partial charge >= 0.3 is 11.9 Å². The molecule has 22 heavy (non-hydrogen) atoms. The molecule has 0 saturated heterocycles. The third kappa shape index (κ3) is 5.51. The van der Waals surface area contributed by atoms with Crippen LogP contribution in [0.1, 0.15) is 38.2 Å². The second-order valence-corrected chi connectivity index (χ2v) is 5.97. The van der Waals surface area contributed by atoms with E-state index >= 15 is 0 Å². The Morgan fingerprint density at radius 1 is 1.14 bits per heavy atom. The Balaban J connectivity index is 1.89. The number of hydrogen-bond donors (Lipinski definition) is 0. The first kappa shape index (κ1) is 16.5. The van der Waals surface area contributed by atoms with E-state index in [1.807, 2.05) is 30.3 Å². The van der Waals surface area contributed by atoms with Crippen LogP contribution in [0.4, 0.5) is 0 Å². The molecular formula is C18H24O4. The Kier molecular flexibility index (Phi) is 6.44. The van der Waals surface area contributed by atoms with Crippen LogP contribution in [0, 0.1) is 11.8 Å². The first-order valence-electron chi connectivity index (χ1n) is 7.99. The van der Waals surface area contributed by atoms with Gasteiger partial charge in [0.25, 0.3) is 0 Å². The monoisotopic (exact) mass is 304 g/mol. The minimum atomic E-state index is -0.437. The van der Waals surface area contributed by atoms with Crippen molar-refractivity contribution in [1.82, 2.24) is 0 Å². The molecule has 0 bridgehead atoms. The lowest BCUT2D eigenvalue weighted by Crippen LogP contribution is -2.27. The molecule has 1 aliphatic rings. The molecule has 1 aromatic carbocycles. The zero-order chi connectivity index (χ0) is 15.8. The SMILES string of the molecule is CC(=O)OCC(Cc1ccccc1)C(=O)OCC1CCCC1. The van der Waals surface area contributed by atoms with Gasteiger partial charge in [0.2, 0.25) is 0 Å². The molecule has 1 atom stereocenters. The highest BCUT2D eigenvalue weighted by Gasteiger charge is 2.24. The summed E-state index contributed by atoms with van der Waals surface area (Å²) in [6.45, 7) is 1.92. The van der Waals surface area contributed by atoms with E-state index < -0.39 is 5.92 Å². The topological polar surface area (TPSA) is 52.6 Å². The summed E-state index contributed by atoms with van der Waals surface area (Å²) in [7, 11) is 0. The zero-order valence-electron chi connectivity index (χ0n) is 13.1. The predicted octanol–water partition coefficient (Wildman–Crippen LogP) is 3.14. The van der Waals surface area contributed by atoms with Crippen LogP contribution in [0.3, 0.4) is 0 Å². The van der Waals surface area contributed by atoms with Gasteiger partial charge in [-0.3, -0.25) is 9.59 Å². The summed E-state index contributed by atoms with van der Waals surface area (Å²) < 4.78 is 10.5. The van der Waals surface area contributed by atoms with Gasteiger partial charge < -0.3 is 9.47 Å². The number of carbonyl (C=O) groups excluding carboxylic acids is 2. The normalized spacial score (nSPS) is 16.2. The van der Waals surface area contributed by atoms with E-state index in [0.717, 1.165) is 18.4 Å². The molecule has 1 fully saturated rings. The maximum Gasteiger partial charge on any atom is 0.312 e. The summed E-state index contributed by atoms with van der Waals surface area (Å²) in [5.41, 5.74) is 1.04. The van der Waals surface area contributed by atoms with E-state index in [1.54, 1.807) is 0 Å². The van der Waals surface area contributed by atoms with Crippen molar-refractivity contribution >= 4 is 11.9 Å². The van der Waals surface area contributed by atoms with E-state index in [1.165, 1.54) is 19.8 Å². The number of carbonyl (C=O) groups is 2. The van der Waals surface area contributed by atoms with Crippen LogP contribution in [0.5, 0.6) is 0 Å². The molecule has 0 N–H and O–H groups in total. The van der Waals surface area contributed by atoms with Crippen molar-refractivity contribution in [3.8, 4) is 0 Å². The fraction of sp³-hybridized carbons (Fsp3) is 0.556. The van der Waals surface area contributed by atoms with E-state index in [0.29, 0.717) is 18.9 Å². The lowest BCUT2D eigenvalue weighted by molar-refractivity contribution is -0.155. The molecule has 0 aliphatic heterocycles. The van der Waals surface area contributed by atoms with Crippen molar-refractivity contribution in [1.29, 1.82) is 0 Å². The lowest BCUT2D eigenvalue weighted by atomic mass is 10.00. The van der Waals surface area contributed by atoms with Crippen molar-refractivity contribution in [2.45, 2.75) is 39.0 Å². The van der Waals surface area contributed by atoms with Crippen molar-refractivity contribution in [2.75, 3.05) is 13.2 Å². The molecule has 1 unspecified atom stereocenters. The molecule has 1 saturated carbocycles. The zero-order valence-corrected chi connectivity index (χ0v) is 13.1. The van der Waals surface area contributed by atoms with E-state index in [-0.39, 0.29) is 18.5 Å². The number of hydrogen-bond acceptors (Lipinski definition) is 4. The summed E-state index contributed by atoms with van der Waals surface area (Å²) >= 11 is 0. The molecule has 4 nitrogen and oxygen atoms in total. The highest BCUT2D eigenvalue weighted by molar-refractivity contribution is 5.74. The summed E-state index contributed by atoms with van der Waals surface area (Å²) in [6.07, 6.45) is 5.25. The minimum absolute atomic E-state index is 0.0771. The fourth-order valence-corrected chi connectivity index (χ4v) is 2.82. The Morgan fingerprint density at radius 3 is 2.45 bits per heavy atom. The maximum absolute atomic E-state index is 12.3. The third-order valence-corrected chi connectivity index (χ3v) is 4.08. The Morgan fingerprint density at radius 2 is 1.82 bits per heavy atom. The maximum atomic E-state index is 12.3. The second-order valence-electron chi connectivity index (χ2n) is 5.97. The average molecular weight is 304 g/mol. The number of rotatable bonds is 7. The fourth-order valence-electron chi connectivity index (χ4n) is 2.82. The van der Waals surface area contributed by atoms with Gasteiger partial charge in [-0.15, -0.1) is 0 Å². The highest BCUT2D eigenvalue weighted by atomic mass is 16.5. The van der Waals surface area contributed by atoms with Gasteiger partial charge in [-0.05, 0) is 30.7 Å². The van der Waals surface area contributed by atoms with E-state index in [4.69, 9.17) is 9.47 Å². The Bertz CT molecular complexity index is 477. The van der Waals surface area contributed by atoms with E-state index in [2.05, 4.69) is 0 Å². The molecule has 0 radical (unpaired) electrons. The van der Waals surface area contributed by atoms with Gasteiger partial charge in [0, 0.05) is 6.92 Å². The van der Waals surface area contributed by atoms with Crippen LogP contribution in [0.15, 0.2) is 30.3 Å². The quantitative estimate of drug-likeness (QED) is 0.726.